The summed E-state index contributed by atoms with van der Waals surface area (Å²) in [6, 6.07) is 16.0. The Labute approximate surface area is 151 Å². The topological polar surface area (TPSA) is 34.1 Å². The van der Waals surface area contributed by atoms with E-state index in [1.165, 1.54) is 5.56 Å². The Morgan fingerprint density at radius 2 is 2.00 bits per heavy atom. The van der Waals surface area contributed by atoms with E-state index in [4.69, 9.17) is 16.3 Å². The maximum atomic E-state index is 5.89. The van der Waals surface area contributed by atoms with Crippen LogP contribution >= 0.6 is 22.9 Å². The number of nitrogens with zero attached hydrogens (tertiary/aromatic N) is 1. The van der Waals surface area contributed by atoms with Crippen molar-refractivity contribution in [2.24, 2.45) is 0 Å². The van der Waals surface area contributed by atoms with Crippen LogP contribution in [0, 0.1) is 0 Å². The van der Waals surface area contributed by atoms with Gasteiger partial charge in [0.25, 0.3) is 0 Å². The maximum Gasteiger partial charge on any atom is 0.119 e. The van der Waals surface area contributed by atoms with Crippen LogP contribution in [-0.4, -0.2) is 18.6 Å². The fourth-order valence-corrected chi connectivity index (χ4v) is 3.39. The lowest BCUT2D eigenvalue weighted by Crippen LogP contribution is -2.16. The zero-order valence-electron chi connectivity index (χ0n) is 13.5. The lowest BCUT2D eigenvalue weighted by molar-refractivity contribution is 0.415. The summed E-state index contributed by atoms with van der Waals surface area (Å²) in [5, 5.41) is 5.31. The van der Waals surface area contributed by atoms with E-state index in [0.717, 1.165) is 45.7 Å². The first-order valence-corrected chi connectivity index (χ1v) is 8.98. The zero-order chi connectivity index (χ0) is 16.8. The molecule has 0 aliphatic carbocycles. The summed E-state index contributed by atoms with van der Waals surface area (Å²) < 4.78 is 5.28. The van der Waals surface area contributed by atoms with Gasteiger partial charge in [0.2, 0.25) is 0 Å². The second-order valence-corrected chi connectivity index (χ2v) is 6.96. The fraction of sp³-hybridized carbons (Fsp3) is 0.211. The molecule has 0 aliphatic heterocycles. The standard InChI is InChI=1S/C19H19ClN2OS/c1-23-17-4-2-3-15(11-17)18-12-22-19(24-18)13-21-10-9-14-5-7-16(20)8-6-14/h2-8,11-12,21H,9-10,13H2,1H3. The van der Waals surface area contributed by atoms with Gasteiger partial charge in [0, 0.05) is 17.8 Å². The van der Waals surface area contributed by atoms with Crippen molar-refractivity contribution >= 4 is 22.9 Å². The average Bonchev–Trinajstić information content (AvgIpc) is 3.09. The summed E-state index contributed by atoms with van der Waals surface area (Å²) in [6.45, 7) is 1.69. The van der Waals surface area contributed by atoms with Crippen molar-refractivity contribution in [1.82, 2.24) is 10.3 Å². The van der Waals surface area contributed by atoms with Gasteiger partial charge in [-0.2, -0.15) is 0 Å². The first kappa shape index (κ1) is 17.0. The van der Waals surface area contributed by atoms with Gasteiger partial charge in [-0.1, -0.05) is 35.9 Å². The van der Waals surface area contributed by atoms with E-state index in [1.807, 2.05) is 36.5 Å². The van der Waals surface area contributed by atoms with Gasteiger partial charge in [0.05, 0.1) is 12.0 Å². The van der Waals surface area contributed by atoms with Crippen molar-refractivity contribution in [3.63, 3.8) is 0 Å². The highest BCUT2D eigenvalue weighted by atomic mass is 35.5. The molecule has 1 aromatic heterocycles. The highest BCUT2D eigenvalue weighted by molar-refractivity contribution is 7.15. The van der Waals surface area contributed by atoms with Crippen LogP contribution in [-0.2, 0) is 13.0 Å². The van der Waals surface area contributed by atoms with Crippen molar-refractivity contribution in [3.05, 3.63) is 70.3 Å². The summed E-state index contributed by atoms with van der Waals surface area (Å²) in [7, 11) is 1.68. The number of nitrogens with one attached hydrogen (secondary N) is 1. The van der Waals surface area contributed by atoms with E-state index in [9.17, 15) is 0 Å². The van der Waals surface area contributed by atoms with Gasteiger partial charge in [0.15, 0.2) is 0 Å². The van der Waals surface area contributed by atoms with Gasteiger partial charge in [-0.3, -0.25) is 0 Å². The smallest absolute Gasteiger partial charge is 0.119 e. The SMILES string of the molecule is COc1cccc(-c2cnc(CNCCc3ccc(Cl)cc3)s2)c1. The molecule has 0 spiro atoms. The summed E-state index contributed by atoms with van der Waals surface area (Å²) >= 11 is 7.60. The number of rotatable bonds is 7. The van der Waals surface area contributed by atoms with E-state index >= 15 is 0 Å². The molecule has 3 rings (SSSR count). The minimum absolute atomic E-state index is 0.777. The molecule has 0 bridgehead atoms. The van der Waals surface area contributed by atoms with Gasteiger partial charge < -0.3 is 10.1 Å². The maximum absolute atomic E-state index is 5.89. The fourth-order valence-electron chi connectivity index (χ4n) is 2.38. The van der Waals surface area contributed by atoms with Crippen LogP contribution in [0.3, 0.4) is 0 Å². The predicted octanol–water partition coefficient (Wildman–Crippen LogP) is 4.80. The number of benzene rings is 2. The Balaban J connectivity index is 1.51. The third kappa shape index (κ3) is 4.57. The van der Waals surface area contributed by atoms with Crippen LogP contribution in [0.5, 0.6) is 5.75 Å². The zero-order valence-corrected chi connectivity index (χ0v) is 15.0. The van der Waals surface area contributed by atoms with Crippen LogP contribution in [0.15, 0.2) is 54.7 Å². The predicted molar refractivity (Wildman–Crippen MR) is 101 cm³/mol. The number of hydrogen-bond acceptors (Lipinski definition) is 4. The highest BCUT2D eigenvalue weighted by Crippen LogP contribution is 2.28. The molecule has 2 aromatic carbocycles. The number of thiazole rings is 1. The molecule has 1 heterocycles. The third-order valence-electron chi connectivity index (χ3n) is 3.69. The molecule has 0 radical (unpaired) electrons. The van der Waals surface area contributed by atoms with Crippen LogP contribution in [0.4, 0.5) is 0 Å². The Kier molecular flexibility index (Phi) is 5.86. The van der Waals surface area contributed by atoms with Gasteiger partial charge in [-0.05, 0) is 48.4 Å². The van der Waals surface area contributed by atoms with Crippen LogP contribution in [0.1, 0.15) is 10.6 Å². The molecule has 0 amide bonds. The summed E-state index contributed by atoms with van der Waals surface area (Å²) in [4.78, 5) is 5.66. The second-order valence-electron chi connectivity index (χ2n) is 5.40. The molecular formula is C19H19ClN2OS. The van der Waals surface area contributed by atoms with Crippen LogP contribution in [0.25, 0.3) is 10.4 Å². The summed E-state index contributed by atoms with van der Waals surface area (Å²) in [5.41, 5.74) is 2.42. The number of methoxy groups -OCH3 is 1. The van der Waals surface area contributed by atoms with Gasteiger partial charge >= 0.3 is 0 Å². The molecule has 3 nitrogen and oxygen atoms in total. The summed E-state index contributed by atoms with van der Waals surface area (Å²) in [5.74, 6) is 0.864. The highest BCUT2D eigenvalue weighted by Gasteiger charge is 2.05. The molecule has 0 fully saturated rings. The number of ether oxygens (including phenoxy) is 1. The molecule has 3 aromatic rings. The Morgan fingerprint density at radius 3 is 2.79 bits per heavy atom. The lowest BCUT2D eigenvalue weighted by atomic mass is 10.1. The van der Waals surface area contributed by atoms with Gasteiger partial charge in [0.1, 0.15) is 10.8 Å². The molecule has 124 valence electrons. The van der Waals surface area contributed by atoms with Crippen molar-refractivity contribution in [2.75, 3.05) is 13.7 Å². The van der Waals surface area contributed by atoms with Crippen LogP contribution in [0.2, 0.25) is 5.02 Å². The quantitative estimate of drug-likeness (QED) is 0.616. The molecular weight excluding hydrogens is 340 g/mol. The second kappa shape index (κ2) is 8.29. The van der Waals surface area contributed by atoms with Gasteiger partial charge in [-0.25, -0.2) is 4.98 Å². The van der Waals surface area contributed by atoms with E-state index in [-0.39, 0.29) is 0 Å². The Bertz CT molecular complexity index is 786. The van der Waals surface area contributed by atoms with Crippen LogP contribution < -0.4 is 10.1 Å². The van der Waals surface area contributed by atoms with Crippen molar-refractivity contribution in [3.8, 4) is 16.2 Å². The minimum atomic E-state index is 0.777. The number of aromatic nitrogens is 1. The van der Waals surface area contributed by atoms with E-state index in [1.54, 1.807) is 18.4 Å². The van der Waals surface area contributed by atoms with Crippen molar-refractivity contribution in [1.29, 1.82) is 0 Å². The molecule has 24 heavy (non-hydrogen) atoms. The third-order valence-corrected chi connectivity index (χ3v) is 4.99. The van der Waals surface area contributed by atoms with Crippen molar-refractivity contribution < 1.29 is 4.74 Å². The lowest BCUT2D eigenvalue weighted by Gasteiger charge is -2.03. The van der Waals surface area contributed by atoms with Gasteiger partial charge in [-0.15, -0.1) is 11.3 Å². The van der Waals surface area contributed by atoms with E-state index in [0.29, 0.717) is 0 Å². The monoisotopic (exact) mass is 358 g/mol. The minimum Gasteiger partial charge on any atom is -0.497 e. The first-order chi connectivity index (χ1) is 11.7. The number of hydrogen-bond donors (Lipinski definition) is 1. The molecule has 0 saturated heterocycles. The molecule has 0 aliphatic rings. The molecule has 0 saturated carbocycles. The largest absolute Gasteiger partial charge is 0.497 e. The molecule has 5 heteroatoms. The molecule has 0 unspecified atom stereocenters. The molecule has 1 N–H and O–H groups in total. The Morgan fingerprint density at radius 1 is 1.17 bits per heavy atom. The van der Waals surface area contributed by atoms with E-state index in [2.05, 4.69) is 28.5 Å². The molecule has 0 atom stereocenters. The Hall–Kier alpha value is -1.88. The summed E-state index contributed by atoms with van der Waals surface area (Å²) in [6.07, 6.45) is 2.90. The normalized spacial score (nSPS) is 10.8. The first-order valence-electron chi connectivity index (χ1n) is 7.79. The number of halogens is 1. The van der Waals surface area contributed by atoms with E-state index < -0.39 is 0 Å². The average molecular weight is 359 g/mol. The van der Waals surface area contributed by atoms with Crippen molar-refractivity contribution in [2.45, 2.75) is 13.0 Å².